The summed E-state index contributed by atoms with van der Waals surface area (Å²) in [5, 5.41) is 20.8. The van der Waals surface area contributed by atoms with Crippen LogP contribution in [-0.4, -0.2) is 5.79 Å². The van der Waals surface area contributed by atoms with E-state index in [2.05, 4.69) is 11.8 Å². The van der Waals surface area contributed by atoms with E-state index < -0.39 is 5.79 Å². The van der Waals surface area contributed by atoms with Crippen LogP contribution < -0.4 is 113 Å². The molecule has 0 N–H and O–H groups in total. The molecular weight excluding hydrogens is 206 g/mol. The molecule has 0 fully saturated rings. The molecule has 0 aromatic carbocycles. The molecule has 0 aliphatic rings. The normalized spacial score (nSPS) is 11.4. The third kappa shape index (κ3) is 15.2. The Morgan fingerprint density at radius 2 is 1.75 bits per heavy atom. The molecule has 58 valence electrons. The first-order chi connectivity index (χ1) is 4.45. The second-order valence-electron chi connectivity index (χ2n) is 2.52. The van der Waals surface area contributed by atoms with E-state index in [0.717, 1.165) is 13.3 Å². The van der Waals surface area contributed by atoms with Gasteiger partial charge in [0.25, 0.3) is 0 Å². The Kier molecular flexibility index (Phi) is 17.3. The number of hydrogen-bond donors (Lipinski definition) is 0. The van der Waals surface area contributed by atoms with Gasteiger partial charge in [-0.1, -0.05) is 20.8 Å². The van der Waals surface area contributed by atoms with Crippen molar-refractivity contribution in [1.29, 1.82) is 0 Å². The summed E-state index contributed by atoms with van der Waals surface area (Å²) in [4.78, 5) is 0. The molecule has 0 aliphatic heterocycles. The summed E-state index contributed by atoms with van der Waals surface area (Å²) in [6.45, 7) is 4.88. The van der Waals surface area contributed by atoms with E-state index in [9.17, 15) is 10.2 Å². The zero-order valence-electron chi connectivity index (χ0n) is 8.60. The Hall–Kier alpha value is 2.75. The van der Waals surface area contributed by atoms with Crippen molar-refractivity contribution >= 4 is 0 Å². The standard InChI is InChI=1S/C8H12O2.2K/c1-4-7(2)5-6-8(3,9)10;;/h7H,4H2,1-3H3;;/q-2;2*+1. The average molecular weight is 218 g/mol. The second-order valence-corrected chi connectivity index (χ2v) is 2.52. The first-order valence-electron chi connectivity index (χ1n) is 3.39. The Morgan fingerprint density at radius 3 is 2.00 bits per heavy atom. The van der Waals surface area contributed by atoms with Crippen molar-refractivity contribution in [2.45, 2.75) is 33.0 Å². The fourth-order valence-corrected chi connectivity index (χ4v) is 0.356. The quantitative estimate of drug-likeness (QED) is 0.250. The summed E-state index contributed by atoms with van der Waals surface area (Å²) in [5.74, 6) is 2.53. The van der Waals surface area contributed by atoms with Gasteiger partial charge in [0.05, 0.1) is 0 Å². The Labute approximate surface area is 160 Å². The molecule has 0 heterocycles. The van der Waals surface area contributed by atoms with Gasteiger partial charge in [-0.25, -0.2) is 0 Å². The predicted octanol–water partition coefficient (Wildman–Crippen LogP) is -6.52. The van der Waals surface area contributed by atoms with Gasteiger partial charge in [-0.3, -0.25) is 0 Å². The molecule has 0 aromatic heterocycles. The van der Waals surface area contributed by atoms with Gasteiger partial charge in [0.2, 0.25) is 0 Å². The monoisotopic (exact) mass is 218 g/mol. The third-order valence-corrected chi connectivity index (χ3v) is 1.16. The summed E-state index contributed by atoms with van der Waals surface area (Å²) in [6.07, 6.45) is 0.878. The molecule has 0 radical (unpaired) electrons. The fraction of sp³-hybridized carbons (Fsp3) is 0.750. The Morgan fingerprint density at radius 1 is 1.33 bits per heavy atom. The molecular formula is C8H12K2O2. The van der Waals surface area contributed by atoms with Gasteiger partial charge in [0.1, 0.15) is 0 Å². The van der Waals surface area contributed by atoms with Crippen LogP contribution in [0.5, 0.6) is 0 Å². The first-order valence-corrected chi connectivity index (χ1v) is 3.39. The molecule has 0 aromatic rings. The predicted molar refractivity (Wildman–Crippen MR) is 35.6 cm³/mol. The fourth-order valence-electron chi connectivity index (χ4n) is 0.356. The van der Waals surface area contributed by atoms with Crippen LogP contribution in [0.4, 0.5) is 0 Å². The minimum atomic E-state index is -2.33. The van der Waals surface area contributed by atoms with Gasteiger partial charge in [0.15, 0.2) is 0 Å². The van der Waals surface area contributed by atoms with E-state index in [1.165, 1.54) is 0 Å². The van der Waals surface area contributed by atoms with Crippen LogP contribution >= 0.6 is 0 Å². The van der Waals surface area contributed by atoms with Crippen LogP contribution in [0.25, 0.3) is 0 Å². The van der Waals surface area contributed by atoms with Crippen LogP contribution in [0.1, 0.15) is 27.2 Å². The molecule has 0 spiro atoms. The summed E-state index contributed by atoms with van der Waals surface area (Å²) in [7, 11) is 0. The van der Waals surface area contributed by atoms with E-state index in [1.807, 2.05) is 13.8 Å². The Balaban J connectivity index is -0.000000405. The molecule has 1 unspecified atom stereocenters. The van der Waals surface area contributed by atoms with Crippen LogP contribution in [0.3, 0.4) is 0 Å². The van der Waals surface area contributed by atoms with Crippen molar-refractivity contribution < 1.29 is 113 Å². The molecule has 0 bridgehead atoms. The van der Waals surface area contributed by atoms with Crippen molar-refractivity contribution in [1.82, 2.24) is 0 Å². The van der Waals surface area contributed by atoms with E-state index in [-0.39, 0.29) is 109 Å². The zero-order chi connectivity index (χ0) is 8.20. The van der Waals surface area contributed by atoms with Gasteiger partial charge in [-0.2, -0.15) is 0 Å². The van der Waals surface area contributed by atoms with Crippen molar-refractivity contribution in [3.05, 3.63) is 0 Å². The zero-order valence-corrected chi connectivity index (χ0v) is 14.8. The maximum absolute atomic E-state index is 10.4. The molecule has 0 saturated carbocycles. The van der Waals surface area contributed by atoms with E-state index in [0.29, 0.717) is 0 Å². The molecule has 0 aliphatic carbocycles. The van der Waals surface area contributed by atoms with E-state index in [1.54, 1.807) is 0 Å². The third-order valence-electron chi connectivity index (χ3n) is 1.16. The van der Waals surface area contributed by atoms with Gasteiger partial charge in [0, 0.05) is 5.92 Å². The summed E-state index contributed by atoms with van der Waals surface area (Å²) in [6, 6.07) is 0. The maximum atomic E-state index is 10.4. The summed E-state index contributed by atoms with van der Waals surface area (Å²) < 4.78 is 0. The maximum Gasteiger partial charge on any atom is 1.00 e. The van der Waals surface area contributed by atoms with Gasteiger partial charge in [-0.05, 0) is 6.42 Å². The topological polar surface area (TPSA) is 46.1 Å². The van der Waals surface area contributed by atoms with Crippen molar-refractivity contribution in [2.24, 2.45) is 5.92 Å². The smallest absolute Gasteiger partial charge is 0.854 e. The number of hydrogen-bond acceptors (Lipinski definition) is 2. The molecule has 12 heavy (non-hydrogen) atoms. The van der Waals surface area contributed by atoms with Gasteiger partial charge >= 0.3 is 103 Å². The molecule has 4 heteroatoms. The van der Waals surface area contributed by atoms with Crippen LogP contribution in [0.2, 0.25) is 0 Å². The van der Waals surface area contributed by atoms with E-state index >= 15 is 0 Å². The molecule has 0 saturated heterocycles. The first kappa shape index (κ1) is 20.2. The van der Waals surface area contributed by atoms with Gasteiger partial charge in [-0.15, -0.1) is 17.6 Å². The minimum absolute atomic E-state index is 0. The SMILES string of the molecule is CCC(C)C#CC(C)([O-])[O-].[K+].[K+]. The van der Waals surface area contributed by atoms with Crippen LogP contribution in [-0.2, 0) is 0 Å². The van der Waals surface area contributed by atoms with Crippen LogP contribution in [0, 0.1) is 17.8 Å². The number of rotatable bonds is 1. The largest absolute Gasteiger partial charge is 1.00 e. The van der Waals surface area contributed by atoms with Crippen molar-refractivity contribution in [2.75, 3.05) is 0 Å². The molecule has 0 rings (SSSR count). The van der Waals surface area contributed by atoms with E-state index in [4.69, 9.17) is 0 Å². The summed E-state index contributed by atoms with van der Waals surface area (Å²) >= 11 is 0. The molecule has 1 atom stereocenters. The van der Waals surface area contributed by atoms with Crippen molar-refractivity contribution in [3.63, 3.8) is 0 Å². The average Bonchev–Trinajstić information content (AvgIpc) is 1.81. The van der Waals surface area contributed by atoms with Crippen molar-refractivity contribution in [3.8, 4) is 11.8 Å². The van der Waals surface area contributed by atoms with Crippen LogP contribution in [0.15, 0.2) is 0 Å². The minimum Gasteiger partial charge on any atom is -0.854 e. The van der Waals surface area contributed by atoms with Gasteiger partial charge < -0.3 is 10.2 Å². The second kappa shape index (κ2) is 10.3. The molecule has 0 amide bonds. The molecule has 2 nitrogen and oxygen atoms in total. The summed E-state index contributed by atoms with van der Waals surface area (Å²) in [5.41, 5.74) is 0. The Bertz CT molecular complexity index is 153.